The Morgan fingerprint density at radius 1 is 1.03 bits per heavy atom. The van der Waals surface area contributed by atoms with Crippen molar-refractivity contribution >= 4 is 27.7 Å². The number of carboxylic acid groups (broad SMARTS) is 1. The van der Waals surface area contributed by atoms with Gasteiger partial charge in [0.05, 0.1) is 16.0 Å². The van der Waals surface area contributed by atoms with Gasteiger partial charge in [-0.1, -0.05) is 53.9 Å². The number of carboxylic acids is 1. The molecule has 2 fully saturated rings. The number of nitrogens with one attached hydrogen (secondary N) is 2. The maximum Gasteiger partial charge on any atom is 0.326 e. The van der Waals surface area contributed by atoms with E-state index in [0.29, 0.717) is 25.8 Å². The SMILES string of the molecule is CC(C)C1CCN(C(=O)[C@@H](NC(=O)NC2(CS(=O)(=O)C(C)(C)C)CCCCC2)C(C)(C)C)[C@@H]1C(=O)O. The molecule has 0 aromatic heterocycles. The molecule has 2 rings (SSSR count). The van der Waals surface area contributed by atoms with E-state index < -0.39 is 55.5 Å². The molecule has 2 aliphatic rings. The van der Waals surface area contributed by atoms with E-state index in [2.05, 4.69) is 10.6 Å². The van der Waals surface area contributed by atoms with Gasteiger partial charge in [-0.2, -0.15) is 0 Å². The summed E-state index contributed by atoms with van der Waals surface area (Å²) in [5.74, 6) is -1.68. The molecule has 1 aliphatic heterocycles. The summed E-state index contributed by atoms with van der Waals surface area (Å²) in [5.41, 5.74) is -1.59. The molecule has 0 aromatic rings. The van der Waals surface area contributed by atoms with Crippen molar-refractivity contribution in [3.8, 4) is 0 Å². The second kappa shape index (κ2) is 10.9. The highest BCUT2D eigenvalue weighted by Gasteiger charge is 2.48. The van der Waals surface area contributed by atoms with Crippen molar-refractivity contribution in [2.45, 2.75) is 116 Å². The minimum Gasteiger partial charge on any atom is -0.480 e. The first-order valence-corrected chi connectivity index (χ1v) is 14.8. The van der Waals surface area contributed by atoms with Crippen molar-refractivity contribution < 1.29 is 27.9 Å². The molecule has 10 heteroatoms. The van der Waals surface area contributed by atoms with Crippen molar-refractivity contribution in [3.05, 3.63) is 0 Å². The number of likely N-dealkylation sites (tertiary alicyclic amines) is 1. The van der Waals surface area contributed by atoms with Gasteiger partial charge < -0.3 is 20.6 Å². The molecule has 1 saturated heterocycles. The minimum absolute atomic E-state index is 0.101. The molecule has 1 saturated carbocycles. The summed E-state index contributed by atoms with van der Waals surface area (Å²) < 4.78 is 25.2. The van der Waals surface area contributed by atoms with Gasteiger partial charge in [0.15, 0.2) is 9.84 Å². The highest BCUT2D eigenvalue weighted by atomic mass is 32.2. The Labute approximate surface area is 217 Å². The van der Waals surface area contributed by atoms with E-state index in [1.54, 1.807) is 20.8 Å². The van der Waals surface area contributed by atoms with Gasteiger partial charge in [-0.05, 0) is 57.3 Å². The van der Waals surface area contributed by atoms with E-state index in [4.69, 9.17) is 0 Å². The fraction of sp³-hybridized carbons (Fsp3) is 0.885. The summed E-state index contributed by atoms with van der Waals surface area (Å²) in [6.07, 6.45) is 4.29. The smallest absolute Gasteiger partial charge is 0.326 e. The lowest BCUT2D eigenvalue weighted by Crippen LogP contribution is -2.63. The summed E-state index contributed by atoms with van der Waals surface area (Å²) in [6, 6.07) is -2.50. The summed E-state index contributed by atoms with van der Waals surface area (Å²) in [5, 5.41) is 15.6. The van der Waals surface area contributed by atoms with Crippen molar-refractivity contribution in [3.63, 3.8) is 0 Å². The van der Waals surface area contributed by atoms with Gasteiger partial charge in [-0.3, -0.25) is 4.79 Å². The molecule has 3 amide bonds. The standard InChI is InChI=1S/C26H47N3O6S/c1-17(2)18-12-15-29(19(18)22(31)32)21(30)20(24(3,4)5)27-23(33)28-26(13-10-9-11-14-26)16-36(34,35)25(6,7)8/h17-20H,9-16H2,1-8H3,(H,31,32)(H2,27,28,33)/t18?,19-,20+/m0/s1. The van der Waals surface area contributed by atoms with Crippen molar-refractivity contribution in [2.75, 3.05) is 12.3 Å². The van der Waals surface area contributed by atoms with Gasteiger partial charge >= 0.3 is 12.0 Å². The molecule has 0 radical (unpaired) electrons. The van der Waals surface area contributed by atoms with Crippen LogP contribution in [0.5, 0.6) is 0 Å². The second-order valence-corrected chi connectivity index (χ2v) is 15.9. The summed E-state index contributed by atoms with van der Waals surface area (Å²) in [6.45, 7) is 14.7. The number of carbonyl (C=O) groups excluding carboxylic acids is 2. The van der Waals surface area contributed by atoms with Crippen LogP contribution in [0.15, 0.2) is 0 Å². The van der Waals surface area contributed by atoms with Crippen LogP contribution in [-0.4, -0.2) is 71.0 Å². The molecule has 3 N–H and O–H groups in total. The highest BCUT2D eigenvalue weighted by molar-refractivity contribution is 7.92. The van der Waals surface area contributed by atoms with Gasteiger partial charge in [0, 0.05) is 6.54 Å². The van der Waals surface area contributed by atoms with Gasteiger partial charge in [-0.15, -0.1) is 0 Å². The first-order valence-electron chi connectivity index (χ1n) is 13.2. The zero-order valence-corrected chi connectivity index (χ0v) is 24.1. The van der Waals surface area contributed by atoms with E-state index in [1.807, 2.05) is 34.6 Å². The first kappa shape index (κ1) is 30.4. The second-order valence-electron chi connectivity index (χ2n) is 13.1. The van der Waals surface area contributed by atoms with Crippen LogP contribution in [0, 0.1) is 17.3 Å². The molecule has 0 aromatic carbocycles. The lowest BCUT2D eigenvalue weighted by molar-refractivity contribution is -0.151. The lowest BCUT2D eigenvalue weighted by atomic mass is 9.83. The monoisotopic (exact) mass is 529 g/mol. The van der Waals surface area contributed by atoms with Crippen LogP contribution in [0.2, 0.25) is 0 Å². The number of carbonyl (C=O) groups is 3. The molecule has 3 atom stereocenters. The topological polar surface area (TPSA) is 133 Å². The fourth-order valence-electron chi connectivity index (χ4n) is 5.41. The number of hydrogen-bond donors (Lipinski definition) is 3. The lowest BCUT2D eigenvalue weighted by Gasteiger charge is -2.41. The highest BCUT2D eigenvalue weighted by Crippen LogP contribution is 2.34. The van der Waals surface area contributed by atoms with E-state index in [-0.39, 0.29) is 17.6 Å². The largest absolute Gasteiger partial charge is 0.480 e. The van der Waals surface area contributed by atoms with E-state index >= 15 is 0 Å². The number of sulfone groups is 1. The predicted octanol–water partition coefficient (Wildman–Crippen LogP) is 3.57. The maximum atomic E-state index is 13.7. The fourth-order valence-corrected chi connectivity index (χ4v) is 6.94. The van der Waals surface area contributed by atoms with Crippen LogP contribution in [0.4, 0.5) is 4.79 Å². The van der Waals surface area contributed by atoms with Gasteiger partial charge in [-0.25, -0.2) is 18.0 Å². The Morgan fingerprint density at radius 2 is 1.58 bits per heavy atom. The average molecular weight is 530 g/mol. The zero-order chi connectivity index (χ0) is 27.7. The molecule has 1 aliphatic carbocycles. The van der Waals surface area contributed by atoms with Crippen LogP contribution in [0.3, 0.4) is 0 Å². The number of amides is 3. The molecule has 36 heavy (non-hydrogen) atoms. The Balaban J connectivity index is 2.28. The van der Waals surface area contributed by atoms with Gasteiger partial charge in [0.2, 0.25) is 5.91 Å². The Kier molecular flexibility index (Phi) is 9.18. The van der Waals surface area contributed by atoms with Crippen LogP contribution >= 0.6 is 0 Å². The minimum atomic E-state index is -3.50. The van der Waals surface area contributed by atoms with Gasteiger partial charge in [0.25, 0.3) is 0 Å². The van der Waals surface area contributed by atoms with E-state index in [0.717, 1.165) is 19.3 Å². The van der Waals surface area contributed by atoms with Crippen LogP contribution in [-0.2, 0) is 19.4 Å². The molecule has 0 spiro atoms. The van der Waals surface area contributed by atoms with Crippen LogP contribution in [0.25, 0.3) is 0 Å². The number of hydrogen-bond acceptors (Lipinski definition) is 5. The molecule has 1 heterocycles. The molecule has 208 valence electrons. The molecule has 0 bridgehead atoms. The summed E-state index contributed by atoms with van der Waals surface area (Å²) >= 11 is 0. The zero-order valence-electron chi connectivity index (χ0n) is 23.3. The number of urea groups is 1. The normalized spacial score (nSPS) is 23.9. The van der Waals surface area contributed by atoms with Crippen molar-refractivity contribution in [1.29, 1.82) is 0 Å². The van der Waals surface area contributed by atoms with Gasteiger partial charge in [0.1, 0.15) is 12.1 Å². The summed E-state index contributed by atoms with van der Waals surface area (Å²) in [7, 11) is -3.50. The third-order valence-corrected chi connectivity index (χ3v) is 10.6. The first-order chi connectivity index (χ1) is 16.3. The average Bonchev–Trinajstić information content (AvgIpc) is 3.16. The van der Waals surface area contributed by atoms with E-state index in [9.17, 15) is 27.9 Å². The van der Waals surface area contributed by atoms with Crippen molar-refractivity contribution in [1.82, 2.24) is 15.5 Å². The number of nitrogens with zero attached hydrogens (tertiary/aromatic N) is 1. The maximum absolute atomic E-state index is 13.7. The Hall–Kier alpha value is -1.84. The van der Waals surface area contributed by atoms with Crippen LogP contribution in [0.1, 0.15) is 93.9 Å². The molecule has 1 unspecified atom stereocenters. The molecular formula is C26H47N3O6S. The third-order valence-electron chi connectivity index (χ3n) is 7.81. The van der Waals surface area contributed by atoms with E-state index in [1.165, 1.54) is 4.90 Å². The third kappa shape index (κ3) is 6.92. The Morgan fingerprint density at radius 3 is 2.03 bits per heavy atom. The Bertz CT molecular complexity index is 926. The van der Waals surface area contributed by atoms with Crippen molar-refractivity contribution in [2.24, 2.45) is 17.3 Å². The number of aliphatic carboxylic acids is 1. The number of rotatable bonds is 7. The predicted molar refractivity (Wildman–Crippen MR) is 140 cm³/mol. The quantitative estimate of drug-likeness (QED) is 0.462. The molecular weight excluding hydrogens is 482 g/mol. The summed E-state index contributed by atoms with van der Waals surface area (Å²) in [4.78, 5) is 40.5. The molecule has 9 nitrogen and oxygen atoms in total. The van der Waals surface area contributed by atoms with Crippen LogP contribution < -0.4 is 10.6 Å².